The second-order valence-electron chi connectivity index (χ2n) is 8.41. The molecule has 0 saturated heterocycles. The molecule has 0 radical (unpaired) electrons. The molecular weight excluding hydrogens is 519 g/mol. The molecule has 0 atom stereocenters. The van der Waals surface area contributed by atoms with Crippen molar-refractivity contribution in [3.05, 3.63) is 83.9 Å². The number of fused-ring (bicyclic) bond motifs is 3. The van der Waals surface area contributed by atoms with E-state index < -0.39 is 0 Å². The van der Waals surface area contributed by atoms with Gasteiger partial charge in [-0.05, 0) is 61.4 Å². The van der Waals surface area contributed by atoms with Crippen molar-refractivity contribution in [1.29, 1.82) is 0 Å². The summed E-state index contributed by atoms with van der Waals surface area (Å²) in [5.41, 5.74) is 2.14. The molecule has 0 N–H and O–H groups in total. The van der Waals surface area contributed by atoms with Crippen molar-refractivity contribution in [3.8, 4) is 5.69 Å². The number of thiophene rings is 1. The highest BCUT2D eigenvalue weighted by Crippen LogP contribution is 2.39. The topological polar surface area (TPSA) is 44.1 Å². The van der Waals surface area contributed by atoms with Crippen LogP contribution in [0.5, 0.6) is 0 Å². The largest absolute Gasteiger partial charge is 0.370 e. The van der Waals surface area contributed by atoms with Crippen LogP contribution in [-0.2, 0) is 23.5 Å². The fourth-order valence-electron chi connectivity index (χ4n) is 3.90. The number of rotatable bonds is 4. The highest BCUT2D eigenvalue weighted by atomic mass is 35.5. The molecule has 3 heterocycles. The fraction of sp³-hybridized carbons (Fsp3) is 0.250. The fourth-order valence-corrected chi connectivity index (χ4v) is 6.92. The third-order valence-electron chi connectivity index (χ3n) is 5.57. The Balaban J connectivity index is 1.68. The minimum absolute atomic E-state index is 0.0923. The molecule has 5 rings (SSSR count). The minimum Gasteiger partial charge on any atom is -0.370 e. The maximum Gasteiger partial charge on any atom is 0.267 e. The number of hydrogen-bond donors (Lipinski definition) is 0. The molecule has 2 aromatic heterocycles. The van der Waals surface area contributed by atoms with Crippen LogP contribution in [-0.4, -0.2) is 15.2 Å². The van der Waals surface area contributed by atoms with E-state index in [4.69, 9.17) is 44.5 Å². The van der Waals surface area contributed by atoms with Crippen LogP contribution in [0.3, 0.4) is 0 Å². The maximum atomic E-state index is 13.9. The van der Waals surface area contributed by atoms with Gasteiger partial charge in [-0.2, -0.15) is 0 Å². The lowest BCUT2D eigenvalue weighted by Gasteiger charge is -2.29. The quantitative estimate of drug-likeness (QED) is 0.199. The highest BCUT2D eigenvalue weighted by molar-refractivity contribution is 7.98. The Morgan fingerprint density at radius 1 is 1.12 bits per heavy atom. The average Bonchev–Trinajstić information content (AvgIpc) is 3.11. The van der Waals surface area contributed by atoms with Gasteiger partial charge in [0.15, 0.2) is 5.16 Å². The van der Waals surface area contributed by atoms with Crippen LogP contribution in [0, 0.1) is 0 Å². The zero-order valence-corrected chi connectivity index (χ0v) is 21.7. The van der Waals surface area contributed by atoms with Crippen molar-refractivity contribution in [2.75, 3.05) is 0 Å². The molecule has 4 nitrogen and oxygen atoms in total. The van der Waals surface area contributed by atoms with Crippen LogP contribution >= 0.6 is 57.9 Å². The summed E-state index contributed by atoms with van der Waals surface area (Å²) in [6.07, 6.45) is 0.668. The second-order valence-corrected chi connectivity index (χ2v) is 11.7. The van der Waals surface area contributed by atoms with Crippen LogP contribution in [0.15, 0.2) is 52.4 Å². The summed E-state index contributed by atoms with van der Waals surface area (Å²) in [6.45, 7) is 4.58. The van der Waals surface area contributed by atoms with Gasteiger partial charge in [0.05, 0.1) is 23.3 Å². The Labute approximate surface area is 214 Å². The number of aromatic nitrogens is 2. The van der Waals surface area contributed by atoms with Crippen molar-refractivity contribution in [2.45, 2.75) is 43.4 Å². The molecule has 0 unspecified atom stereocenters. The number of hydrogen-bond acceptors (Lipinski definition) is 5. The molecule has 1 aliphatic rings. The predicted molar refractivity (Wildman–Crippen MR) is 139 cm³/mol. The van der Waals surface area contributed by atoms with E-state index in [0.717, 1.165) is 20.8 Å². The molecule has 170 valence electrons. The molecule has 0 amide bonds. The third-order valence-corrected chi connectivity index (χ3v) is 8.59. The van der Waals surface area contributed by atoms with Crippen molar-refractivity contribution in [1.82, 2.24) is 9.55 Å². The third kappa shape index (κ3) is 4.45. The smallest absolute Gasteiger partial charge is 0.267 e. The summed E-state index contributed by atoms with van der Waals surface area (Å²) in [7, 11) is 0. The molecule has 4 aromatic rings. The van der Waals surface area contributed by atoms with Gasteiger partial charge in [0, 0.05) is 32.1 Å². The van der Waals surface area contributed by atoms with E-state index in [1.54, 1.807) is 28.8 Å². The molecule has 9 heteroatoms. The van der Waals surface area contributed by atoms with Gasteiger partial charge in [-0.25, -0.2) is 4.98 Å². The van der Waals surface area contributed by atoms with Gasteiger partial charge in [-0.15, -0.1) is 11.3 Å². The van der Waals surface area contributed by atoms with Crippen molar-refractivity contribution in [3.63, 3.8) is 0 Å². The Bertz CT molecular complexity index is 1410. The average molecular weight is 538 g/mol. The molecule has 0 saturated carbocycles. The number of benzene rings is 2. The van der Waals surface area contributed by atoms with Crippen LogP contribution in [0.4, 0.5) is 0 Å². The maximum absolute atomic E-state index is 13.9. The number of ether oxygens (including phenoxy) is 1. The zero-order chi connectivity index (χ0) is 23.3. The summed E-state index contributed by atoms with van der Waals surface area (Å²) in [5.74, 6) is 0.477. The molecule has 0 bridgehead atoms. The molecule has 33 heavy (non-hydrogen) atoms. The van der Waals surface area contributed by atoms with Crippen LogP contribution in [0.2, 0.25) is 15.1 Å². The first-order chi connectivity index (χ1) is 15.7. The highest BCUT2D eigenvalue weighted by Gasteiger charge is 2.31. The Hall–Kier alpha value is -1.54. The van der Waals surface area contributed by atoms with Crippen LogP contribution < -0.4 is 5.56 Å². The van der Waals surface area contributed by atoms with E-state index in [2.05, 4.69) is 0 Å². The summed E-state index contributed by atoms with van der Waals surface area (Å²) >= 11 is 21.8. The van der Waals surface area contributed by atoms with E-state index in [9.17, 15) is 4.79 Å². The predicted octanol–water partition coefficient (Wildman–Crippen LogP) is 7.55. The SMILES string of the molecule is CC1(C)Cc2c(sc3nc(SCc4c(Cl)cccc4Cl)n(-c4ccc(Cl)cc4)c(=O)c23)CO1. The van der Waals surface area contributed by atoms with E-state index in [-0.39, 0.29) is 11.2 Å². The van der Waals surface area contributed by atoms with E-state index in [0.29, 0.717) is 50.1 Å². The lowest BCUT2D eigenvalue weighted by atomic mass is 9.94. The van der Waals surface area contributed by atoms with E-state index in [1.807, 2.05) is 32.0 Å². The normalized spacial score (nSPS) is 15.1. The lowest BCUT2D eigenvalue weighted by Crippen LogP contribution is -2.32. The molecule has 0 aliphatic carbocycles. The molecular formula is C24H19Cl3N2O2S2. The summed E-state index contributed by atoms with van der Waals surface area (Å²) in [5, 5.41) is 3.01. The number of thioether (sulfide) groups is 1. The van der Waals surface area contributed by atoms with Crippen molar-refractivity contribution < 1.29 is 4.74 Å². The van der Waals surface area contributed by atoms with Gasteiger partial charge in [-0.1, -0.05) is 52.6 Å². The van der Waals surface area contributed by atoms with Gasteiger partial charge in [-0.3, -0.25) is 9.36 Å². The first-order valence-electron chi connectivity index (χ1n) is 10.3. The number of halogens is 3. The zero-order valence-electron chi connectivity index (χ0n) is 17.8. The standard InChI is InChI=1S/C24H19Cl3N2O2S2/c1-24(2)10-15-19(11-31-24)33-21-20(15)22(30)29(14-8-6-13(25)7-9-14)23(28-21)32-12-16-17(26)4-3-5-18(16)27/h3-9H,10-12H2,1-2H3. The monoisotopic (exact) mass is 536 g/mol. The Morgan fingerprint density at radius 2 is 1.82 bits per heavy atom. The molecule has 2 aromatic carbocycles. The van der Waals surface area contributed by atoms with Crippen LogP contribution in [0.25, 0.3) is 15.9 Å². The second kappa shape index (κ2) is 8.91. The molecule has 0 spiro atoms. The van der Waals surface area contributed by atoms with Gasteiger partial charge in [0.25, 0.3) is 5.56 Å². The van der Waals surface area contributed by atoms with E-state index >= 15 is 0 Å². The number of nitrogens with zero attached hydrogens (tertiary/aromatic N) is 2. The van der Waals surface area contributed by atoms with Gasteiger partial charge < -0.3 is 4.74 Å². The van der Waals surface area contributed by atoms with Gasteiger partial charge in [0.2, 0.25) is 0 Å². The summed E-state index contributed by atoms with van der Waals surface area (Å²) in [6, 6.07) is 12.6. The molecule has 0 fully saturated rings. The summed E-state index contributed by atoms with van der Waals surface area (Å²) < 4.78 is 7.63. The molecule has 1 aliphatic heterocycles. The minimum atomic E-state index is -0.327. The lowest BCUT2D eigenvalue weighted by molar-refractivity contribution is -0.0379. The van der Waals surface area contributed by atoms with Crippen LogP contribution in [0.1, 0.15) is 29.9 Å². The van der Waals surface area contributed by atoms with E-state index in [1.165, 1.54) is 23.1 Å². The Kier molecular flexibility index (Phi) is 6.27. The van der Waals surface area contributed by atoms with Crippen molar-refractivity contribution in [2.24, 2.45) is 0 Å². The summed E-state index contributed by atoms with van der Waals surface area (Å²) in [4.78, 5) is 20.6. The Morgan fingerprint density at radius 3 is 2.52 bits per heavy atom. The van der Waals surface area contributed by atoms with Gasteiger partial charge >= 0.3 is 0 Å². The first-order valence-corrected chi connectivity index (χ1v) is 13.2. The van der Waals surface area contributed by atoms with Gasteiger partial charge in [0.1, 0.15) is 4.83 Å². The first kappa shape index (κ1) is 23.2. The van der Waals surface area contributed by atoms with Crippen molar-refractivity contribution >= 4 is 68.1 Å².